The van der Waals surface area contributed by atoms with E-state index in [0.717, 1.165) is 25.1 Å². The lowest BCUT2D eigenvalue weighted by atomic mass is 9.75. The molecule has 2 aromatic rings. The van der Waals surface area contributed by atoms with Gasteiger partial charge < -0.3 is 9.80 Å². The topological polar surface area (TPSA) is 75.5 Å². The van der Waals surface area contributed by atoms with Crippen molar-refractivity contribution in [3.05, 3.63) is 63.8 Å². The van der Waals surface area contributed by atoms with Crippen molar-refractivity contribution >= 4 is 11.8 Å². The maximum Gasteiger partial charge on any atom is 0.348 e. The Kier molecular flexibility index (Phi) is 6.91. The number of rotatable bonds is 6. The van der Waals surface area contributed by atoms with Crippen LogP contribution in [0.5, 0.6) is 0 Å². The van der Waals surface area contributed by atoms with Crippen molar-refractivity contribution in [2.75, 3.05) is 19.6 Å². The largest absolute Gasteiger partial charge is 0.348 e. The SMILES string of the molecule is Cc1cc(C)n(CC(=O)N2CCC3(CC2)C[C@H](Cc2ccccc2)N(CC(C)C)C3=O)c(=O)n1. The van der Waals surface area contributed by atoms with Gasteiger partial charge in [0.05, 0.1) is 5.41 Å². The van der Waals surface area contributed by atoms with E-state index in [4.69, 9.17) is 0 Å². The van der Waals surface area contributed by atoms with Crippen molar-refractivity contribution in [2.45, 2.75) is 66.0 Å². The summed E-state index contributed by atoms with van der Waals surface area (Å²) < 4.78 is 1.43. The van der Waals surface area contributed by atoms with Crippen molar-refractivity contribution < 1.29 is 9.59 Å². The summed E-state index contributed by atoms with van der Waals surface area (Å²) in [5.41, 5.74) is 1.87. The second-order valence-corrected chi connectivity index (χ2v) is 10.5. The van der Waals surface area contributed by atoms with E-state index in [2.05, 4.69) is 48.0 Å². The van der Waals surface area contributed by atoms with Gasteiger partial charge in [-0.25, -0.2) is 4.79 Å². The van der Waals surface area contributed by atoms with Gasteiger partial charge in [0.2, 0.25) is 11.8 Å². The fourth-order valence-corrected chi connectivity index (χ4v) is 5.62. The van der Waals surface area contributed by atoms with Crippen LogP contribution in [0.4, 0.5) is 0 Å². The Morgan fingerprint density at radius 2 is 1.79 bits per heavy atom. The number of piperidine rings is 1. The van der Waals surface area contributed by atoms with Crippen LogP contribution in [0.15, 0.2) is 41.2 Å². The van der Waals surface area contributed by atoms with E-state index in [1.165, 1.54) is 10.1 Å². The molecule has 1 aromatic carbocycles. The third-order valence-corrected chi connectivity index (χ3v) is 7.37. The fraction of sp³-hybridized carbons (Fsp3) is 0.556. The highest BCUT2D eigenvalue weighted by molar-refractivity contribution is 5.86. The summed E-state index contributed by atoms with van der Waals surface area (Å²) in [5, 5.41) is 0. The number of hydrogen-bond donors (Lipinski definition) is 0. The maximum atomic E-state index is 13.7. The summed E-state index contributed by atoms with van der Waals surface area (Å²) in [4.78, 5) is 46.8. The van der Waals surface area contributed by atoms with Gasteiger partial charge in [0.1, 0.15) is 6.54 Å². The molecule has 2 saturated heterocycles. The smallest absolute Gasteiger partial charge is 0.341 e. The van der Waals surface area contributed by atoms with Gasteiger partial charge in [0.25, 0.3) is 0 Å². The zero-order valence-electron chi connectivity index (χ0n) is 20.8. The zero-order valence-corrected chi connectivity index (χ0v) is 20.8. The molecule has 0 aliphatic carbocycles. The normalized spacial score (nSPS) is 19.9. The molecule has 2 fully saturated rings. The molecule has 2 aliphatic heterocycles. The Balaban J connectivity index is 1.45. The lowest BCUT2D eigenvalue weighted by Crippen LogP contribution is -2.48. The summed E-state index contributed by atoms with van der Waals surface area (Å²) in [5.74, 6) is 0.573. The molecule has 0 saturated carbocycles. The molecule has 0 bridgehead atoms. The molecule has 7 nitrogen and oxygen atoms in total. The number of benzene rings is 1. The van der Waals surface area contributed by atoms with E-state index >= 15 is 0 Å². The van der Waals surface area contributed by atoms with Gasteiger partial charge in [-0.2, -0.15) is 4.98 Å². The van der Waals surface area contributed by atoms with Gasteiger partial charge in [0.15, 0.2) is 0 Å². The Morgan fingerprint density at radius 3 is 2.41 bits per heavy atom. The Bertz CT molecular complexity index is 1100. The third-order valence-electron chi connectivity index (χ3n) is 7.37. The van der Waals surface area contributed by atoms with E-state index < -0.39 is 5.69 Å². The van der Waals surface area contributed by atoms with Gasteiger partial charge in [-0.1, -0.05) is 44.2 Å². The summed E-state index contributed by atoms with van der Waals surface area (Å²) in [6.45, 7) is 9.76. The number of amides is 2. The van der Waals surface area contributed by atoms with E-state index in [-0.39, 0.29) is 29.8 Å². The Labute approximate surface area is 201 Å². The standard InChI is InChI=1S/C27H36N4O3/c1-19(2)17-31-23(15-22-8-6-5-7-9-22)16-27(25(31)33)10-12-29(13-11-27)24(32)18-30-21(4)14-20(3)28-26(30)34/h5-9,14,19,23H,10-13,15-18H2,1-4H3/t23-/m0/s1. The predicted octanol–water partition coefficient (Wildman–Crippen LogP) is 2.97. The molecule has 0 unspecified atom stereocenters. The first kappa shape index (κ1) is 24.2. The molecule has 2 aliphatic rings. The fourth-order valence-electron chi connectivity index (χ4n) is 5.62. The Morgan fingerprint density at radius 1 is 1.12 bits per heavy atom. The quantitative estimate of drug-likeness (QED) is 0.659. The van der Waals surface area contributed by atoms with Crippen molar-refractivity contribution in [1.29, 1.82) is 0 Å². The lowest BCUT2D eigenvalue weighted by molar-refractivity contribution is -0.143. The molecule has 1 spiro atoms. The monoisotopic (exact) mass is 464 g/mol. The number of hydrogen-bond acceptors (Lipinski definition) is 4. The minimum Gasteiger partial charge on any atom is -0.341 e. The van der Waals surface area contributed by atoms with Crippen LogP contribution < -0.4 is 5.69 Å². The van der Waals surface area contributed by atoms with Gasteiger partial charge >= 0.3 is 5.69 Å². The molecule has 7 heteroatoms. The summed E-state index contributed by atoms with van der Waals surface area (Å²) in [6.07, 6.45) is 3.07. The molecule has 182 valence electrons. The second kappa shape index (κ2) is 9.72. The molecule has 34 heavy (non-hydrogen) atoms. The van der Waals surface area contributed by atoms with Crippen molar-refractivity contribution in [1.82, 2.24) is 19.4 Å². The number of aryl methyl sites for hydroxylation is 2. The number of carbonyl (C=O) groups is 2. The van der Waals surface area contributed by atoms with Gasteiger partial charge in [-0.3, -0.25) is 14.2 Å². The van der Waals surface area contributed by atoms with Crippen LogP contribution in [0.2, 0.25) is 0 Å². The highest BCUT2D eigenvalue weighted by Crippen LogP contribution is 2.45. The van der Waals surface area contributed by atoms with E-state index in [0.29, 0.717) is 37.5 Å². The molecular formula is C27H36N4O3. The van der Waals surface area contributed by atoms with Crippen LogP contribution in [0.1, 0.15) is 50.1 Å². The first-order chi connectivity index (χ1) is 16.2. The van der Waals surface area contributed by atoms with Crippen LogP contribution in [-0.4, -0.2) is 56.8 Å². The molecular weight excluding hydrogens is 428 g/mol. The molecule has 4 rings (SSSR count). The highest BCUT2D eigenvalue weighted by Gasteiger charge is 2.52. The zero-order chi connectivity index (χ0) is 24.5. The maximum absolute atomic E-state index is 13.7. The summed E-state index contributed by atoms with van der Waals surface area (Å²) in [7, 11) is 0. The van der Waals surface area contributed by atoms with Crippen molar-refractivity contribution in [3.8, 4) is 0 Å². The van der Waals surface area contributed by atoms with E-state index in [9.17, 15) is 14.4 Å². The summed E-state index contributed by atoms with van der Waals surface area (Å²) in [6, 6.07) is 12.4. The van der Waals surface area contributed by atoms with Crippen LogP contribution in [0.3, 0.4) is 0 Å². The first-order valence-electron chi connectivity index (χ1n) is 12.4. The average molecular weight is 465 g/mol. The molecule has 1 atom stereocenters. The molecule has 2 amide bonds. The Hall–Kier alpha value is -2.96. The number of carbonyl (C=O) groups excluding carboxylic acids is 2. The van der Waals surface area contributed by atoms with Crippen LogP contribution in [-0.2, 0) is 22.6 Å². The minimum absolute atomic E-state index is 0.00496. The van der Waals surface area contributed by atoms with Crippen molar-refractivity contribution in [3.63, 3.8) is 0 Å². The van der Waals surface area contributed by atoms with Crippen LogP contribution in [0, 0.1) is 25.2 Å². The molecule has 0 radical (unpaired) electrons. The first-order valence-corrected chi connectivity index (χ1v) is 12.4. The lowest BCUT2D eigenvalue weighted by Gasteiger charge is -2.38. The van der Waals surface area contributed by atoms with E-state index in [1.807, 2.05) is 24.0 Å². The van der Waals surface area contributed by atoms with E-state index in [1.54, 1.807) is 6.92 Å². The number of nitrogens with zero attached hydrogens (tertiary/aromatic N) is 4. The highest BCUT2D eigenvalue weighted by atomic mass is 16.2. The van der Waals surface area contributed by atoms with Crippen LogP contribution >= 0.6 is 0 Å². The molecule has 1 aromatic heterocycles. The number of likely N-dealkylation sites (tertiary alicyclic amines) is 2. The third kappa shape index (κ3) is 4.93. The van der Waals surface area contributed by atoms with Gasteiger partial charge in [-0.15, -0.1) is 0 Å². The van der Waals surface area contributed by atoms with Crippen LogP contribution in [0.25, 0.3) is 0 Å². The average Bonchev–Trinajstić information content (AvgIpc) is 3.02. The summed E-state index contributed by atoms with van der Waals surface area (Å²) >= 11 is 0. The van der Waals surface area contributed by atoms with Crippen molar-refractivity contribution in [2.24, 2.45) is 11.3 Å². The predicted molar refractivity (Wildman–Crippen MR) is 131 cm³/mol. The van der Waals surface area contributed by atoms with Gasteiger partial charge in [0, 0.05) is 37.1 Å². The minimum atomic E-state index is -0.390. The molecule has 0 N–H and O–H groups in total. The second-order valence-electron chi connectivity index (χ2n) is 10.5. The molecule has 3 heterocycles. The number of aromatic nitrogens is 2. The van der Waals surface area contributed by atoms with Gasteiger partial charge in [-0.05, 0) is 57.1 Å².